The maximum Gasteiger partial charge on any atom is 0.251 e. The van der Waals surface area contributed by atoms with E-state index in [1.165, 1.54) is 19.3 Å². The molecule has 0 unspecified atom stereocenters. The second-order valence-electron chi connectivity index (χ2n) is 10.1. The summed E-state index contributed by atoms with van der Waals surface area (Å²) in [5.74, 6) is 3.18. The molecule has 5 nitrogen and oxygen atoms in total. The number of ether oxygens (including phenoxy) is 1. The van der Waals surface area contributed by atoms with Crippen molar-refractivity contribution in [1.82, 2.24) is 10.6 Å². The highest BCUT2D eigenvalue weighted by molar-refractivity contribution is 5.94. The minimum Gasteiger partial charge on any atom is -0.496 e. The summed E-state index contributed by atoms with van der Waals surface area (Å²) in [5, 5.41) is 6.16. The number of carbonyl (C=O) groups excluding carboxylic acids is 2. The van der Waals surface area contributed by atoms with Crippen molar-refractivity contribution in [3.63, 3.8) is 0 Å². The molecule has 0 heterocycles. The molecule has 0 spiro atoms. The number of hydrogen-bond donors (Lipinski definition) is 2. The Labute approximate surface area is 189 Å². The molecule has 4 aliphatic carbocycles. The van der Waals surface area contributed by atoms with Gasteiger partial charge in [0.05, 0.1) is 7.11 Å². The SMILES string of the molecule is COc1ccccc1CNC(=O)c1ccc(CNC(=O)C23CC4CC(CC(C4)C2)C3)cc1. The molecule has 4 saturated carbocycles. The van der Waals surface area contributed by atoms with Gasteiger partial charge >= 0.3 is 0 Å². The lowest BCUT2D eigenvalue weighted by atomic mass is 9.49. The molecular formula is C27H32N2O3. The van der Waals surface area contributed by atoms with Gasteiger partial charge in [0.15, 0.2) is 0 Å². The van der Waals surface area contributed by atoms with Crippen LogP contribution in [0.2, 0.25) is 0 Å². The highest BCUT2D eigenvalue weighted by Crippen LogP contribution is 2.60. The van der Waals surface area contributed by atoms with E-state index < -0.39 is 0 Å². The largest absolute Gasteiger partial charge is 0.496 e. The van der Waals surface area contributed by atoms with Gasteiger partial charge in [-0.05, 0) is 80.0 Å². The smallest absolute Gasteiger partial charge is 0.251 e. The highest BCUT2D eigenvalue weighted by Gasteiger charge is 2.54. The van der Waals surface area contributed by atoms with Crippen LogP contribution in [0.1, 0.15) is 60.0 Å². The van der Waals surface area contributed by atoms with Gasteiger partial charge in [-0.2, -0.15) is 0 Å². The standard InChI is InChI=1S/C27H32N2O3/c1-32-24-5-3-2-4-23(24)17-28-25(30)22-8-6-18(7-9-22)16-29-26(31)27-13-19-10-20(14-27)12-21(11-19)15-27/h2-9,19-21H,10-17H2,1H3,(H,28,30)(H,29,31). The lowest BCUT2D eigenvalue weighted by molar-refractivity contribution is -0.146. The quantitative estimate of drug-likeness (QED) is 0.679. The van der Waals surface area contributed by atoms with Crippen molar-refractivity contribution < 1.29 is 14.3 Å². The van der Waals surface area contributed by atoms with Gasteiger partial charge in [0.2, 0.25) is 5.91 Å². The van der Waals surface area contributed by atoms with Crippen LogP contribution >= 0.6 is 0 Å². The first kappa shape index (κ1) is 21.0. The molecule has 0 saturated heterocycles. The first-order valence-corrected chi connectivity index (χ1v) is 11.8. The number of rotatable bonds is 7. The van der Waals surface area contributed by atoms with Crippen LogP contribution in [-0.4, -0.2) is 18.9 Å². The summed E-state index contributed by atoms with van der Waals surface area (Å²) < 4.78 is 5.34. The van der Waals surface area contributed by atoms with Crippen LogP contribution in [0.25, 0.3) is 0 Å². The number of para-hydroxylation sites is 1. The number of benzene rings is 2. The fourth-order valence-electron chi connectivity index (χ4n) is 6.66. The summed E-state index contributed by atoms with van der Waals surface area (Å²) in [6.45, 7) is 0.926. The van der Waals surface area contributed by atoms with Crippen molar-refractivity contribution in [2.45, 2.75) is 51.6 Å². The minimum atomic E-state index is -0.125. The van der Waals surface area contributed by atoms with Gasteiger partial charge in [-0.15, -0.1) is 0 Å². The molecule has 0 atom stereocenters. The van der Waals surface area contributed by atoms with Crippen LogP contribution in [-0.2, 0) is 17.9 Å². The van der Waals surface area contributed by atoms with E-state index in [1.54, 1.807) is 7.11 Å². The molecule has 0 aliphatic heterocycles. The topological polar surface area (TPSA) is 67.4 Å². The predicted molar refractivity (Wildman–Crippen MR) is 123 cm³/mol. The van der Waals surface area contributed by atoms with Gasteiger partial charge in [0, 0.05) is 29.6 Å². The summed E-state index contributed by atoms with van der Waals surface area (Å²) in [6, 6.07) is 15.2. The van der Waals surface area contributed by atoms with Gasteiger partial charge in [0.25, 0.3) is 5.91 Å². The zero-order valence-electron chi connectivity index (χ0n) is 18.7. The van der Waals surface area contributed by atoms with E-state index >= 15 is 0 Å². The Hall–Kier alpha value is -2.82. The van der Waals surface area contributed by atoms with E-state index in [1.807, 2.05) is 48.5 Å². The van der Waals surface area contributed by atoms with Crippen LogP contribution in [0.15, 0.2) is 48.5 Å². The summed E-state index contributed by atoms with van der Waals surface area (Å²) in [7, 11) is 1.63. The second kappa shape index (κ2) is 8.61. The zero-order valence-corrected chi connectivity index (χ0v) is 18.7. The third-order valence-corrected chi connectivity index (χ3v) is 7.82. The van der Waals surface area contributed by atoms with Gasteiger partial charge in [-0.1, -0.05) is 30.3 Å². The number of carbonyl (C=O) groups is 2. The summed E-state index contributed by atoms with van der Waals surface area (Å²) in [6.07, 6.45) is 7.26. The summed E-state index contributed by atoms with van der Waals surface area (Å²) in [4.78, 5) is 25.7. The van der Waals surface area contributed by atoms with Gasteiger partial charge in [0.1, 0.15) is 5.75 Å². The molecule has 0 aromatic heterocycles. The molecule has 32 heavy (non-hydrogen) atoms. The van der Waals surface area contributed by atoms with Gasteiger partial charge < -0.3 is 15.4 Å². The van der Waals surface area contributed by atoms with E-state index in [2.05, 4.69) is 10.6 Å². The second-order valence-corrected chi connectivity index (χ2v) is 10.1. The molecule has 4 aliphatic rings. The van der Waals surface area contributed by atoms with Crippen molar-refractivity contribution >= 4 is 11.8 Å². The first-order chi connectivity index (χ1) is 15.5. The molecule has 0 radical (unpaired) electrons. The number of methoxy groups -OCH3 is 1. The Bertz CT molecular complexity index is 963. The fraction of sp³-hybridized carbons (Fsp3) is 0.481. The molecule has 2 aromatic carbocycles. The third kappa shape index (κ3) is 4.13. The molecule has 168 valence electrons. The Kier molecular flexibility index (Phi) is 5.66. The average Bonchev–Trinajstić information content (AvgIpc) is 2.80. The highest BCUT2D eigenvalue weighted by atomic mass is 16.5. The molecule has 5 heteroatoms. The van der Waals surface area contributed by atoms with Gasteiger partial charge in [-0.3, -0.25) is 9.59 Å². The monoisotopic (exact) mass is 432 g/mol. The number of nitrogens with one attached hydrogen (secondary N) is 2. The van der Waals surface area contributed by atoms with Crippen molar-refractivity contribution in [1.29, 1.82) is 0 Å². The van der Waals surface area contributed by atoms with Crippen molar-refractivity contribution in [2.75, 3.05) is 7.11 Å². The Balaban J connectivity index is 1.15. The molecule has 2 N–H and O–H groups in total. The number of amides is 2. The van der Waals surface area contributed by atoms with E-state index in [9.17, 15) is 9.59 Å². The van der Waals surface area contributed by atoms with Gasteiger partial charge in [-0.25, -0.2) is 0 Å². The minimum absolute atomic E-state index is 0.118. The van der Waals surface area contributed by atoms with E-state index in [0.29, 0.717) is 18.7 Å². The van der Waals surface area contributed by atoms with Crippen LogP contribution < -0.4 is 15.4 Å². The fourth-order valence-corrected chi connectivity index (χ4v) is 6.66. The Morgan fingerprint density at radius 1 is 0.875 bits per heavy atom. The maximum atomic E-state index is 13.1. The Morgan fingerprint density at radius 2 is 1.50 bits per heavy atom. The van der Waals surface area contributed by atoms with E-state index in [0.717, 1.165) is 53.9 Å². The van der Waals surface area contributed by atoms with Crippen LogP contribution in [0.5, 0.6) is 5.75 Å². The molecule has 2 aromatic rings. The zero-order chi connectivity index (χ0) is 22.1. The normalized spacial score (nSPS) is 27.7. The molecule has 4 fully saturated rings. The van der Waals surface area contributed by atoms with E-state index in [4.69, 9.17) is 4.74 Å². The predicted octanol–water partition coefficient (Wildman–Crippen LogP) is 4.46. The Morgan fingerprint density at radius 3 is 2.12 bits per heavy atom. The summed E-state index contributed by atoms with van der Waals surface area (Å²) in [5.41, 5.74) is 2.44. The maximum absolute atomic E-state index is 13.1. The molecule has 4 bridgehead atoms. The first-order valence-electron chi connectivity index (χ1n) is 11.8. The van der Waals surface area contributed by atoms with E-state index in [-0.39, 0.29) is 17.2 Å². The van der Waals surface area contributed by atoms with Crippen molar-refractivity contribution in [2.24, 2.45) is 23.2 Å². The number of hydrogen-bond acceptors (Lipinski definition) is 3. The average molecular weight is 433 g/mol. The van der Waals surface area contributed by atoms with Crippen LogP contribution in [0.3, 0.4) is 0 Å². The molecule has 6 rings (SSSR count). The van der Waals surface area contributed by atoms with Crippen molar-refractivity contribution in [3.05, 3.63) is 65.2 Å². The van der Waals surface area contributed by atoms with Crippen LogP contribution in [0.4, 0.5) is 0 Å². The van der Waals surface area contributed by atoms with Crippen molar-refractivity contribution in [3.8, 4) is 5.75 Å². The third-order valence-electron chi connectivity index (χ3n) is 7.82. The lowest BCUT2D eigenvalue weighted by Gasteiger charge is -2.55. The summed E-state index contributed by atoms with van der Waals surface area (Å²) >= 11 is 0. The van der Waals surface area contributed by atoms with Crippen LogP contribution in [0, 0.1) is 23.2 Å². The molecular weight excluding hydrogens is 400 g/mol. The molecule has 2 amide bonds. The lowest BCUT2D eigenvalue weighted by Crippen LogP contribution is -2.53.